The molecule has 0 unspecified atom stereocenters. The Balaban J connectivity index is 1.50. The van der Waals surface area contributed by atoms with Crippen molar-refractivity contribution in [3.63, 3.8) is 0 Å². The zero-order valence-electron chi connectivity index (χ0n) is 13.3. The van der Waals surface area contributed by atoms with Crippen LogP contribution in [0, 0.1) is 0 Å². The number of fused-ring (bicyclic) bond motifs is 1. The van der Waals surface area contributed by atoms with Crippen molar-refractivity contribution in [1.29, 1.82) is 0 Å². The Labute approximate surface area is 149 Å². The minimum atomic E-state index is -0.0663. The molecule has 0 bridgehead atoms. The van der Waals surface area contributed by atoms with Crippen LogP contribution in [0.1, 0.15) is 5.56 Å². The van der Waals surface area contributed by atoms with Crippen molar-refractivity contribution in [1.82, 2.24) is 9.97 Å². The molecule has 0 atom stereocenters. The molecule has 5 heteroatoms. The van der Waals surface area contributed by atoms with Crippen LogP contribution in [0.15, 0.2) is 72.4 Å². The number of benzene rings is 2. The Kier molecular flexibility index (Phi) is 4.23. The van der Waals surface area contributed by atoms with Crippen LogP contribution in [0.5, 0.6) is 0 Å². The molecule has 0 saturated carbocycles. The second-order valence-electron chi connectivity index (χ2n) is 5.64. The molecule has 0 fully saturated rings. The highest BCUT2D eigenvalue weighted by Crippen LogP contribution is 2.24. The monoisotopic (exact) mass is 345 g/mol. The molecular weight excluding hydrogens is 330 g/mol. The normalized spacial score (nSPS) is 10.7. The first kappa shape index (κ1) is 15.5. The number of anilines is 1. The van der Waals surface area contributed by atoms with E-state index < -0.39 is 0 Å². The van der Waals surface area contributed by atoms with Gasteiger partial charge in [0, 0.05) is 23.3 Å². The molecule has 1 amide bonds. The number of thiazole rings is 1. The molecule has 0 spiro atoms. The summed E-state index contributed by atoms with van der Waals surface area (Å²) >= 11 is 1.42. The molecule has 2 aromatic heterocycles. The number of amides is 1. The number of rotatable bonds is 4. The van der Waals surface area contributed by atoms with E-state index in [0.29, 0.717) is 11.6 Å². The van der Waals surface area contributed by atoms with Crippen LogP contribution in [0.2, 0.25) is 0 Å². The van der Waals surface area contributed by atoms with Crippen molar-refractivity contribution in [2.24, 2.45) is 0 Å². The molecule has 0 aliphatic carbocycles. The van der Waals surface area contributed by atoms with E-state index >= 15 is 0 Å². The van der Waals surface area contributed by atoms with E-state index in [1.807, 2.05) is 47.8 Å². The molecule has 4 aromatic rings. The van der Waals surface area contributed by atoms with Gasteiger partial charge in [0.25, 0.3) is 0 Å². The second-order valence-corrected chi connectivity index (χ2v) is 6.50. The standard InChI is InChI=1S/C20H15N3OS/c24-19(11-15-7-3-6-14-5-1-2-9-17(14)15)23-20-22-18(13-25-20)16-8-4-10-21-12-16/h1-10,12-13H,11H2,(H,22,23,24). The van der Waals surface area contributed by atoms with E-state index in [2.05, 4.69) is 27.4 Å². The summed E-state index contributed by atoms with van der Waals surface area (Å²) in [5, 5.41) is 7.66. The Hall–Kier alpha value is -3.05. The first-order valence-electron chi connectivity index (χ1n) is 7.92. The lowest BCUT2D eigenvalue weighted by molar-refractivity contribution is -0.115. The number of pyridine rings is 1. The molecule has 25 heavy (non-hydrogen) atoms. The van der Waals surface area contributed by atoms with E-state index in [-0.39, 0.29) is 5.91 Å². The van der Waals surface area contributed by atoms with Crippen molar-refractivity contribution in [3.8, 4) is 11.3 Å². The number of carbonyl (C=O) groups excluding carboxylic acids is 1. The average Bonchev–Trinajstić information content (AvgIpc) is 3.11. The number of hydrogen-bond acceptors (Lipinski definition) is 4. The largest absolute Gasteiger partial charge is 0.302 e. The predicted molar refractivity (Wildman–Crippen MR) is 102 cm³/mol. The lowest BCUT2D eigenvalue weighted by Crippen LogP contribution is -2.14. The quantitative estimate of drug-likeness (QED) is 0.591. The number of carbonyl (C=O) groups is 1. The fourth-order valence-electron chi connectivity index (χ4n) is 2.76. The van der Waals surface area contributed by atoms with Gasteiger partial charge in [0.2, 0.25) is 5.91 Å². The molecular formula is C20H15N3OS. The van der Waals surface area contributed by atoms with Gasteiger partial charge in [-0.05, 0) is 28.5 Å². The number of hydrogen-bond donors (Lipinski definition) is 1. The fraction of sp³-hybridized carbons (Fsp3) is 0.0500. The number of aromatic nitrogens is 2. The summed E-state index contributed by atoms with van der Waals surface area (Å²) in [5.74, 6) is -0.0663. The van der Waals surface area contributed by atoms with Crippen LogP contribution in [0.25, 0.3) is 22.0 Å². The van der Waals surface area contributed by atoms with Crippen LogP contribution >= 0.6 is 11.3 Å². The highest BCUT2D eigenvalue weighted by molar-refractivity contribution is 7.14. The van der Waals surface area contributed by atoms with Crippen LogP contribution < -0.4 is 5.32 Å². The number of nitrogens with one attached hydrogen (secondary N) is 1. The van der Waals surface area contributed by atoms with Crippen molar-refractivity contribution < 1.29 is 4.79 Å². The van der Waals surface area contributed by atoms with E-state index in [0.717, 1.165) is 27.6 Å². The maximum atomic E-state index is 12.4. The van der Waals surface area contributed by atoms with Crippen LogP contribution in [-0.4, -0.2) is 15.9 Å². The van der Waals surface area contributed by atoms with Crippen molar-refractivity contribution in [3.05, 3.63) is 77.9 Å². The van der Waals surface area contributed by atoms with Gasteiger partial charge in [-0.2, -0.15) is 0 Å². The molecule has 0 aliphatic rings. The Morgan fingerprint density at radius 3 is 2.80 bits per heavy atom. The summed E-state index contributed by atoms with van der Waals surface area (Å²) < 4.78 is 0. The molecule has 2 aromatic carbocycles. The van der Waals surface area contributed by atoms with Crippen LogP contribution in [0.4, 0.5) is 5.13 Å². The van der Waals surface area contributed by atoms with E-state index in [4.69, 9.17) is 0 Å². The third kappa shape index (κ3) is 3.41. The first-order valence-corrected chi connectivity index (χ1v) is 8.80. The lowest BCUT2D eigenvalue weighted by Gasteiger charge is -2.06. The highest BCUT2D eigenvalue weighted by atomic mass is 32.1. The van der Waals surface area contributed by atoms with Gasteiger partial charge < -0.3 is 5.32 Å². The maximum Gasteiger partial charge on any atom is 0.230 e. The topological polar surface area (TPSA) is 54.9 Å². The fourth-order valence-corrected chi connectivity index (χ4v) is 3.50. The molecule has 0 aliphatic heterocycles. The molecule has 122 valence electrons. The lowest BCUT2D eigenvalue weighted by atomic mass is 10.0. The Bertz CT molecular complexity index is 1020. The smallest absolute Gasteiger partial charge is 0.230 e. The third-order valence-electron chi connectivity index (χ3n) is 3.94. The van der Waals surface area contributed by atoms with Gasteiger partial charge in [-0.1, -0.05) is 42.5 Å². The summed E-state index contributed by atoms with van der Waals surface area (Å²) in [7, 11) is 0. The summed E-state index contributed by atoms with van der Waals surface area (Å²) in [5.41, 5.74) is 2.77. The molecule has 4 rings (SSSR count). The maximum absolute atomic E-state index is 12.4. The Morgan fingerprint density at radius 1 is 1.04 bits per heavy atom. The van der Waals surface area contributed by atoms with Gasteiger partial charge >= 0.3 is 0 Å². The molecule has 1 N–H and O–H groups in total. The second kappa shape index (κ2) is 6.83. The van der Waals surface area contributed by atoms with Crippen LogP contribution in [-0.2, 0) is 11.2 Å². The highest BCUT2D eigenvalue weighted by Gasteiger charge is 2.10. The van der Waals surface area contributed by atoms with Crippen molar-refractivity contribution in [2.45, 2.75) is 6.42 Å². The van der Waals surface area contributed by atoms with Gasteiger partial charge in [0.05, 0.1) is 12.1 Å². The minimum absolute atomic E-state index is 0.0663. The zero-order valence-corrected chi connectivity index (χ0v) is 14.2. The molecule has 4 nitrogen and oxygen atoms in total. The van der Waals surface area contributed by atoms with E-state index in [1.54, 1.807) is 12.4 Å². The summed E-state index contributed by atoms with van der Waals surface area (Å²) in [6.07, 6.45) is 3.81. The van der Waals surface area contributed by atoms with E-state index in [1.165, 1.54) is 11.3 Å². The third-order valence-corrected chi connectivity index (χ3v) is 4.70. The average molecular weight is 345 g/mol. The molecule has 2 heterocycles. The van der Waals surface area contributed by atoms with Crippen LogP contribution in [0.3, 0.4) is 0 Å². The summed E-state index contributed by atoms with van der Waals surface area (Å²) in [4.78, 5) is 21.0. The van der Waals surface area contributed by atoms with Gasteiger partial charge in [-0.3, -0.25) is 9.78 Å². The molecule has 0 radical (unpaired) electrons. The summed E-state index contributed by atoms with van der Waals surface area (Å²) in [6, 6.07) is 17.9. The SMILES string of the molecule is O=C(Cc1cccc2ccccc12)Nc1nc(-c2cccnc2)cs1. The van der Waals surface area contributed by atoms with Gasteiger partial charge in [-0.25, -0.2) is 4.98 Å². The minimum Gasteiger partial charge on any atom is -0.302 e. The Morgan fingerprint density at radius 2 is 1.92 bits per heavy atom. The predicted octanol–water partition coefficient (Wildman–Crippen LogP) is 4.54. The van der Waals surface area contributed by atoms with Crippen molar-refractivity contribution >= 4 is 33.1 Å². The first-order chi connectivity index (χ1) is 12.3. The summed E-state index contributed by atoms with van der Waals surface area (Å²) in [6.45, 7) is 0. The van der Waals surface area contributed by atoms with E-state index in [9.17, 15) is 4.79 Å². The molecule has 0 saturated heterocycles. The van der Waals surface area contributed by atoms with Gasteiger partial charge in [-0.15, -0.1) is 11.3 Å². The number of nitrogens with zero attached hydrogens (tertiary/aromatic N) is 2. The van der Waals surface area contributed by atoms with Crippen molar-refractivity contribution in [2.75, 3.05) is 5.32 Å². The van der Waals surface area contributed by atoms with Gasteiger partial charge in [0.15, 0.2) is 5.13 Å². The van der Waals surface area contributed by atoms with Gasteiger partial charge in [0.1, 0.15) is 0 Å². The zero-order chi connectivity index (χ0) is 17.1.